The summed E-state index contributed by atoms with van der Waals surface area (Å²) in [4.78, 5) is 12.9. The molecule has 2 atom stereocenters. The van der Waals surface area contributed by atoms with E-state index in [1.54, 1.807) is 41.3 Å². The monoisotopic (exact) mass is 468 g/mol. The van der Waals surface area contributed by atoms with Gasteiger partial charge >= 0.3 is 5.97 Å². The van der Waals surface area contributed by atoms with Gasteiger partial charge in [0.15, 0.2) is 23.0 Å². The third-order valence-corrected chi connectivity index (χ3v) is 6.87. The van der Waals surface area contributed by atoms with Crippen molar-refractivity contribution in [3.8, 4) is 45.6 Å². The van der Waals surface area contributed by atoms with Crippen molar-refractivity contribution in [3.05, 3.63) is 34.9 Å². The van der Waals surface area contributed by atoms with Crippen molar-refractivity contribution < 1.29 is 33.2 Å². The summed E-state index contributed by atoms with van der Waals surface area (Å²) in [6, 6.07) is 3.98. The first-order valence-electron chi connectivity index (χ1n) is 11.5. The minimum Gasteiger partial charge on any atom is -0.493 e. The molecule has 0 saturated carbocycles. The van der Waals surface area contributed by atoms with Crippen LogP contribution in [0.1, 0.15) is 38.8 Å². The average Bonchev–Trinajstić information content (AvgIpc) is 3.30. The van der Waals surface area contributed by atoms with E-state index in [1.165, 1.54) is 0 Å². The lowest BCUT2D eigenvalue weighted by Gasteiger charge is -2.30. The van der Waals surface area contributed by atoms with Gasteiger partial charge in [-0.15, -0.1) is 0 Å². The lowest BCUT2D eigenvalue weighted by Crippen LogP contribution is -2.19. The fourth-order valence-electron chi connectivity index (χ4n) is 4.62. The minimum absolute atomic E-state index is 0.0628. The molecule has 2 aromatic rings. The summed E-state index contributed by atoms with van der Waals surface area (Å²) in [6.07, 6.45) is 3.29. The molecule has 4 rings (SSSR count). The van der Waals surface area contributed by atoms with E-state index >= 15 is 0 Å². The van der Waals surface area contributed by atoms with Crippen LogP contribution >= 0.6 is 0 Å². The Morgan fingerprint density at radius 3 is 2.12 bits per heavy atom. The molecule has 182 valence electrons. The summed E-state index contributed by atoms with van der Waals surface area (Å²) in [5.41, 5.74) is 4.09. The van der Waals surface area contributed by atoms with E-state index in [1.807, 2.05) is 12.1 Å². The molecule has 0 aromatic heterocycles. The lowest BCUT2D eigenvalue weighted by atomic mass is 9.77. The first kappa shape index (κ1) is 23.8. The maximum Gasteiger partial charge on any atom is 0.338 e. The molecule has 7 nitrogen and oxygen atoms in total. The van der Waals surface area contributed by atoms with E-state index in [2.05, 4.69) is 13.8 Å². The number of hydrogen-bond donors (Lipinski definition) is 0. The number of methoxy groups -OCH3 is 3. The van der Waals surface area contributed by atoms with Crippen LogP contribution in [-0.2, 0) is 17.6 Å². The molecule has 0 N–H and O–H groups in total. The molecule has 2 aromatic carbocycles. The van der Waals surface area contributed by atoms with Gasteiger partial charge in [0.25, 0.3) is 0 Å². The van der Waals surface area contributed by atoms with E-state index in [4.69, 9.17) is 28.4 Å². The molecule has 1 heterocycles. The number of ether oxygens (including phenoxy) is 6. The highest BCUT2D eigenvalue weighted by Gasteiger charge is 2.35. The highest BCUT2D eigenvalue weighted by molar-refractivity contribution is 5.94. The van der Waals surface area contributed by atoms with E-state index in [-0.39, 0.29) is 6.79 Å². The molecule has 0 saturated heterocycles. The Morgan fingerprint density at radius 1 is 0.912 bits per heavy atom. The number of benzene rings is 2. The summed E-state index contributed by atoms with van der Waals surface area (Å²) in [5.74, 6) is 3.23. The largest absolute Gasteiger partial charge is 0.493 e. The van der Waals surface area contributed by atoms with Gasteiger partial charge in [0.05, 0.1) is 21.3 Å². The van der Waals surface area contributed by atoms with Crippen molar-refractivity contribution in [3.63, 3.8) is 0 Å². The molecule has 0 fully saturated rings. The second-order valence-corrected chi connectivity index (χ2v) is 8.88. The summed E-state index contributed by atoms with van der Waals surface area (Å²) in [7, 11) is 4.79. The Hall–Kier alpha value is -3.35. The Kier molecular flexibility index (Phi) is 6.64. The molecule has 0 amide bonds. The van der Waals surface area contributed by atoms with Crippen molar-refractivity contribution in [2.45, 2.75) is 40.5 Å². The molecular weight excluding hydrogens is 436 g/mol. The molecule has 34 heavy (non-hydrogen) atoms. The van der Waals surface area contributed by atoms with Gasteiger partial charge in [0.2, 0.25) is 18.3 Å². The first-order valence-corrected chi connectivity index (χ1v) is 11.5. The molecule has 2 aliphatic rings. The van der Waals surface area contributed by atoms with E-state index in [0.717, 1.165) is 35.1 Å². The third-order valence-electron chi connectivity index (χ3n) is 6.87. The second-order valence-electron chi connectivity index (χ2n) is 8.88. The fraction of sp³-hybridized carbons (Fsp3) is 0.444. The molecule has 2 unspecified atom stereocenters. The molecule has 7 heteroatoms. The fourth-order valence-corrected chi connectivity index (χ4v) is 4.62. The van der Waals surface area contributed by atoms with Crippen molar-refractivity contribution >= 4 is 5.97 Å². The van der Waals surface area contributed by atoms with Crippen LogP contribution in [0.4, 0.5) is 0 Å². The van der Waals surface area contributed by atoms with Crippen LogP contribution < -0.4 is 28.4 Å². The number of carbonyl (C=O) groups excluding carboxylic acids is 1. The third kappa shape index (κ3) is 3.93. The molecule has 0 radical (unpaired) electrons. The first-order chi connectivity index (χ1) is 16.3. The molecule has 1 aliphatic heterocycles. The zero-order valence-electron chi connectivity index (χ0n) is 20.9. The van der Waals surface area contributed by atoms with Crippen molar-refractivity contribution in [1.29, 1.82) is 0 Å². The quantitative estimate of drug-likeness (QED) is 0.333. The van der Waals surface area contributed by atoms with Gasteiger partial charge in [-0.05, 0) is 61.8 Å². The van der Waals surface area contributed by atoms with Gasteiger partial charge in [-0.25, -0.2) is 4.79 Å². The van der Waals surface area contributed by atoms with Crippen LogP contribution in [0.3, 0.4) is 0 Å². The van der Waals surface area contributed by atoms with Crippen LogP contribution in [0.5, 0.6) is 34.5 Å². The van der Waals surface area contributed by atoms with Crippen LogP contribution in [0.2, 0.25) is 0 Å². The zero-order valence-corrected chi connectivity index (χ0v) is 20.9. The molecule has 0 spiro atoms. The predicted octanol–water partition coefficient (Wildman–Crippen LogP) is 5.35. The van der Waals surface area contributed by atoms with Crippen molar-refractivity contribution in [1.82, 2.24) is 0 Å². The van der Waals surface area contributed by atoms with Gasteiger partial charge in [-0.2, -0.15) is 0 Å². The molecule has 0 bridgehead atoms. The van der Waals surface area contributed by atoms with Crippen LogP contribution in [0.15, 0.2) is 23.8 Å². The van der Waals surface area contributed by atoms with Crippen molar-refractivity contribution in [2.75, 3.05) is 28.1 Å². The van der Waals surface area contributed by atoms with Crippen LogP contribution in [-0.4, -0.2) is 34.1 Å². The van der Waals surface area contributed by atoms with E-state index in [0.29, 0.717) is 51.9 Å². The second kappa shape index (κ2) is 9.49. The Bertz CT molecular complexity index is 1150. The van der Waals surface area contributed by atoms with Gasteiger partial charge in [0, 0.05) is 16.7 Å². The van der Waals surface area contributed by atoms with Crippen molar-refractivity contribution in [2.24, 2.45) is 11.8 Å². The SMILES string of the molecule is CC=C(C)C(=O)Oc1c2c(cc3c1-c1c(cc(OC)c(OC)c1OC)CC(C)C(C)C3)OCO2. The van der Waals surface area contributed by atoms with Crippen LogP contribution in [0, 0.1) is 11.8 Å². The minimum atomic E-state index is -0.446. The average molecular weight is 469 g/mol. The number of carbonyl (C=O) groups is 1. The summed E-state index contributed by atoms with van der Waals surface area (Å²) < 4.78 is 34.8. The molecular formula is C27H32O7. The van der Waals surface area contributed by atoms with Gasteiger partial charge in [-0.3, -0.25) is 0 Å². The number of fused-ring (bicyclic) bond motifs is 4. The number of hydrogen-bond acceptors (Lipinski definition) is 7. The standard InChI is InChI=1S/C27H32O7/c1-8-14(2)27(28)34-26-22-18(12-20-24(26)33-13-32-20)10-16(4)15(3)9-17-11-19(29-5)23(30-6)25(31-7)21(17)22/h8,11-12,15-16H,9-10,13H2,1-7H3. The maximum atomic E-state index is 12.9. The topological polar surface area (TPSA) is 72.5 Å². The number of esters is 1. The number of allylic oxidation sites excluding steroid dienone is 1. The highest BCUT2D eigenvalue weighted by atomic mass is 16.7. The van der Waals surface area contributed by atoms with Crippen LogP contribution in [0.25, 0.3) is 11.1 Å². The summed E-state index contributed by atoms with van der Waals surface area (Å²) in [5, 5.41) is 0. The maximum absolute atomic E-state index is 12.9. The van der Waals surface area contributed by atoms with Gasteiger partial charge < -0.3 is 28.4 Å². The Labute approximate surface area is 200 Å². The van der Waals surface area contributed by atoms with E-state index < -0.39 is 5.97 Å². The van der Waals surface area contributed by atoms with Gasteiger partial charge in [0.1, 0.15) is 0 Å². The van der Waals surface area contributed by atoms with E-state index in [9.17, 15) is 4.79 Å². The lowest BCUT2D eigenvalue weighted by molar-refractivity contribution is -0.130. The predicted molar refractivity (Wildman–Crippen MR) is 128 cm³/mol. The number of rotatable bonds is 5. The normalized spacial score (nSPS) is 18.9. The molecule has 1 aliphatic carbocycles. The smallest absolute Gasteiger partial charge is 0.338 e. The Morgan fingerprint density at radius 2 is 1.53 bits per heavy atom. The summed E-state index contributed by atoms with van der Waals surface area (Å²) in [6.45, 7) is 8.06. The highest BCUT2D eigenvalue weighted by Crippen LogP contribution is 2.56. The summed E-state index contributed by atoms with van der Waals surface area (Å²) >= 11 is 0. The Balaban J connectivity index is 2.11. The van der Waals surface area contributed by atoms with Gasteiger partial charge in [-0.1, -0.05) is 19.9 Å². The zero-order chi connectivity index (χ0) is 24.6.